The van der Waals surface area contributed by atoms with Crippen LogP contribution < -0.4 is 31.8 Å². The number of nitrogens with zero attached hydrogens (tertiary/aromatic N) is 1. The van der Waals surface area contributed by atoms with E-state index in [1.807, 2.05) is 0 Å². The molecule has 0 saturated heterocycles. The van der Waals surface area contributed by atoms with Crippen molar-refractivity contribution in [2.24, 2.45) is 0 Å². The van der Waals surface area contributed by atoms with Gasteiger partial charge in [-0.1, -0.05) is 165 Å². The Morgan fingerprint density at radius 3 is 0.542 bits per heavy atom. The third-order valence-electron chi connectivity index (χ3n) is 7.05. The summed E-state index contributed by atoms with van der Waals surface area (Å²) in [5.41, 5.74) is 0. The molecule has 6 heteroatoms. The van der Waals surface area contributed by atoms with Gasteiger partial charge in [0.1, 0.15) is 31.8 Å². The minimum absolute atomic E-state index is 0. The van der Waals surface area contributed by atoms with E-state index < -0.39 is 32.3 Å². The molecule has 0 unspecified atom stereocenters. The molecule has 0 aliphatic heterocycles. The topological polar surface area (TPSA) is 14.1 Å². The molecule has 0 aliphatic rings. The van der Waals surface area contributed by atoms with E-state index in [9.17, 15) is 0 Å². The third kappa shape index (κ3) is 13.5. The molecule has 250 valence electrons. The molecule has 0 N–H and O–H groups in total. The zero-order chi connectivity index (χ0) is 33.5. The van der Waals surface area contributed by atoms with Gasteiger partial charge in [-0.3, -0.25) is 0 Å². The minimum atomic E-state index is -1.11. The Kier molecular flexibility index (Phi) is 16.4. The van der Waals surface area contributed by atoms with Crippen LogP contribution in [-0.4, -0.2) is 16.5 Å². The summed E-state index contributed by atoms with van der Waals surface area (Å²) in [5.74, 6) is 0. The van der Waals surface area contributed by atoms with Gasteiger partial charge < -0.3 is 4.65 Å². The molecule has 0 heterocycles. The van der Waals surface area contributed by atoms with Crippen molar-refractivity contribution in [1.29, 1.82) is 0 Å². The van der Waals surface area contributed by atoms with E-state index in [0.717, 1.165) is 0 Å². The van der Waals surface area contributed by atoms with E-state index in [1.165, 1.54) is 31.8 Å². The van der Waals surface area contributed by atoms with Crippen LogP contribution in [-0.2, 0) is 16.5 Å². The van der Waals surface area contributed by atoms with Crippen LogP contribution in [0, 0.1) is 0 Å². The van der Waals surface area contributed by atoms with Crippen LogP contribution in [0.5, 0.6) is 0 Å². The maximum Gasteiger partial charge on any atom is 0.102 e. The molecule has 0 aromatic heterocycles. The second-order valence-electron chi connectivity index (χ2n) is 13.4. The molecular formula is C42H50NNiP2Si2+. The average Bonchev–Trinajstić information content (AvgIpc) is 3.07. The Morgan fingerprint density at radius 2 is 0.438 bits per heavy atom. The van der Waals surface area contributed by atoms with Crippen LogP contribution in [0.4, 0.5) is 0 Å². The van der Waals surface area contributed by atoms with Gasteiger partial charge in [0.2, 0.25) is 0 Å². The minimum Gasteiger partial charge on any atom is -0.668 e. The number of rotatable bonds is 8. The number of hydrogen-bond donors (Lipinski definition) is 0. The first-order valence-corrected chi connectivity index (χ1v) is 26.3. The molecule has 6 aromatic rings. The Morgan fingerprint density at radius 1 is 0.292 bits per heavy atom. The van der Waals surface area contributed by atoms with Crippen LogP contribution in [0.3, 0.4) is 0 Å². The van der Waals surface area contributed by atoms with E-state index in [1.54, 1.807) is 0 Å². The van der Waals surface area contributed by atoms with Crippen molar-refractivity contribution in [3.05, 3.63) is 187 Å². The van der Waals surface area contributed by atoms with Gasteiger partial charge in [0, 0.05) is 16.5 Å². The van der Waals surface area contributed by atoms with Crippen LogP contribution in [0.2, 0.25) is 39.3 Å². The second kappa shape index (κ2) is 19.9. The molecule has 1 nitrogen and oxygen atoms in total. The van der Waals surface area contributed by atoms with Crippen molar-refractivity contribution in [2.45, 2.75) is 39.3 Å². The quantitative estimate of drug-likeness (QED) is 0.109. The zero-order valence-electron chi connectivity index (χ0n) is 29.1. The third-order valence-corrected chi connectivity index (χ3v) is 17.9. The van der Waals surface area contributed by atoms with Crippen LogP contribution in [0.25, 0.3) is 4.65 Å². The van der Waals surface area contributed by atoms with Crippen LogP contribution >= 0.6 is 15.8 Å². The summed E-state index contributed by atoms with van der Waals surface area (Å²) in [5, 5.41) is 8.61. The average molecular weight is 746 g/mol. The maximum absolute atomic E-state index is 4.82. The summed E-state index contributed by atoms with van der Waals surface area (Å²) in [6, 6.07) is 65.0. The Bertz CT molecular complexity index is 1380. The zero-order valence-corrected chi connectivity index (χ0v) is 34.1. The number of hydrogen-bond acceptors (Lipinski definition) is 0. The van der Waals surface area contributed by atoms with E-state index in [0.29, 0.717) is 0 Å². The van der Waals surface area contributed by atoms with Gasteiger partial charge >= 0.3 is 0 Å². The molecule has 0 atom stereocenters. The standard InChI is InChI=1S/2C18H15P.C6H18NSi2.Ni/c2*1-4-10-16(11-5-1)19(17-12-6-2-7-13-17)18-14-8-3-9-15-18;1-8(2,3)7-9(4,5)6;/h2*1-15H;1-6H3;/q;;-1;/p+2. The van der Waals surface area contributed by atoms with Gasteiger partial charge in [-0.2, -0.15) is 0 Å². The van der Waals surface area contributed by atoms with E-state index >= 15 is 0 Å². The summed E-state index contributed by atoms with van der Waals surface area (Å²) in [6.45, 7) is 13.8. The van der Waals surface area contributed by atoms with Crippen LogP contribution in [0.1, 0.15) is 0 Å². The van der Waals surface area contributed by atoms with Crippen molar-refractivity contribution in [3.8, 4) is 0 Å². The summed E-state index contributed by atoms with van der Waals surface area (Å²) in [6.07, 6.45) is 0. The molecule has 0 radical (unpaired) electrons. The Labute approximate surface area is 304 Å². The van der Waals surface area contributed by atoms with Crippen molar-refractivity contribution >= 4 is 64.1 Å². The number of benzene rings is 6. The Balaban J connectivity index is 0.000000207. The van der Waals surface area contributed by atoms with E-state index in [4.69, 9.17) is 4.65 Å². The molecule has 48 heavy (non-hydrogen) atoms. The molecule has 6 aromatic carbocycles. The van der Waals surface area contributed by atoms with Crippen molar-refractivity contribution in [2.75, 3.05) is 0 Å². The van der Waals surface area contributed by atoms with Gasteiger partial charge in [-0.15, -0.1) is 0 Å². The first-order chi connectivity index (χ1) is 22.6. The van der Waals surface area contributed by atoms with E-state index in [2.05, 4.69) is 221 Å². The van der Waals surface area contributed by atoms with Crippen molar-refractivity contribution < 1.29 is 16.5 Å². The molecule has 0 spiro atoms. The summed E-state index contributed by atoms with van der Waals surface area (Å²) < 4.78 is 4.82. The molecule has 0 bridgehead atoms. The van der Waals surface area contributed by atoms with Gasteiger partial charge in [-0.25, -0.2) is 0 Å². The SMILES string of the molecule is C[Si](C)(C)[N-][Si](C)(C)C.[Ni].c1ccc([PH+](c2ccccc2)c2ccccc2)cc1.c1ccc([PH+](c2ccccc2)c2ccccc2)cc1. The maximum atomic E-state index is 4.82. The fourth-order valence-electron chi connectivity index (χ4n) is 5.64. The molecule has 0 saturated carbocycles. The first-order valence-electron chi connectivity index (χ1n) is 16.4. The molecular weight excluding hydrogens is 695 g/mol. The predicted octanol–water partition coefficient (Wildman–Crippen LogP) is 9.38. The van der Waals surface area contributed by atoms with Crippen molar-refractivity contribution in [3.63, 3.8) is 0 Å². The van der Waals surface area contributed by atoms with Gasteiger partial charge in [-0.05, 0) is 72.8 Å². The summed E-state index contributed by atoms with van der Waals surface area (Å²) in [7, 11) is -3.97. The fraction of sp³-hybridized carbons (Fsp3) is 0.143. The first kappa shape index (κ1) is 39.5. The molecule has 0 aliphatic carbocycles. The van der Waals surface area contributed by atoms with Crippen molar-refractivity contribution in [1.82, 2.24) is 0 Å². The van der Waals surface area contributed by atoms with Gasteiger partial charge in [0.25, 0.3) is 0 Å². The van der Waals surface area contributed by atoms with Gasteiger partial charge in [0.15, 0.2) is 0 Å². The Hall–Kier alpha value is -2.93. The summed E-state index contributed by atoms with van der Waals surface area (Å²) >= 11 is 0. The van der Waals surface area contributed by atoms with Crippen LogP contribution in [0.15, 0.2) is 182 Å². The molecule has 0 fully saturated rings. The smallest absolute Gasteiger partial charge is 0.102 e. The molecule has 0 amide bonds. The van der Waals surface area contributed by atoms with Gasteiger partial charge in [0.05, 0.1) is 15.8 Å². The second-order valence-corrected chi connectivity index (χ2v) is 27.9. The van der Waals surface area contributed by atoms with E-state index in [-0.39, 0.29) is 16.5 Å². The summed E-state index contributed by atoms with van der Waals surface area (Å²) in [4.78, 5) is 0. The molecule has 6 rings (SSSR count). The normalized spacial score (nSPS) is 11.0. The fourth-order valence-corrected chi connectivity index (χ4v) is 18.8. The predicted molar refractivity (Wildman–Crippen MR) is 223 cm³/mol. The largest absolute Gasteiger partial charge is 0.668 e. The monoisotopic (exact) mass is 744 g/mol.